The number of carbonyl (C=O) groups is 6. The second-order valence-electron chi connectivity index (χ2n) is 19.6. The minimum Gasteiger partial charge on any atom is -0.445 e. The van der Waals surface area contributed by atoms with Gasteiger partial charge in [0.1, 0.15) is 68.7 Å². The average molecular weight is 1250 g/mol. The van der Waals surface area contributed by atoms with E-state index in [4.69, 9.17) is 55.3 Å². The number of primary amides is 1. The molecule has 6 heterocycles. The number of aliphatic hydroxyl groups is 1. The Hall–Kier alpha value is -8.83. The lowest BCUT2D eigenvalue weighted by Crippen LogP contribution is -2.55. The molecular formula is C46H62N20O18P2+2. The zero-order valence-electron chi connectivity index (χ0n) is 46.3. The van der Waals surface area contributed by atoms with E-state index < -0.39 is 139 Å². The lowest BCUT2D eigenvalue weighted by Gasteiger charge is -2.26. The summed E-state index contributed by atoms with van der Waals surface area (Å²) in [5.74, 6) is -2.67. The highest BCUT2D eigenvalue weighted by molar-refractivity contribution is 7.33. The van der Waals surface area contributed by atoms with Gasteiger partial charge in [0.15, 0.2) is 41.1 Å². The number of hydrogen-bond acceptors (Lipinski definition) is 25. The van der Waals surface area contributed by atoms with Gasteiger partial charge in [-0.2, -0.15) is 4.98 Å². The van der Waals surface area contributed by atoms with Crippen LogP contribution in [0.1, 0.15) is 51.1 Å². The quantitative estimate of drug-likeness (QED) is 0.0107. The monoisotopic (exact) mass is 1240 g/mol. The molecule has 2 aliphatic heterocycles. The van der Waals surface area contributed by atoms with E-state index in [0.717, 1.165) is 11.2 Å². The van der Waals surface area contributed by atoms with Gasteiger partial charge in [0.2, 0.25) is 23.7 Å². The molecule has 2 saturated heterocycles. The number of benzene rings is 1. The third-order valence-corrected chi connectivity index (χ3v) is 14.3. The Morgan fingerprint density at radius 3 is 2.31 bits per heavy atom. The molecule has 2 unspecified atom stereocenters. The highest BCUT2D eigenvalue weighted by Gasteiger charge is 2.55. The molecule has 2 fully saturated rings. The molecule has 0 saturated carbocycles. The number of amides is 7. The van der Waals surface area contributed by atoms with Crippen molar-refractivity contribution in [2.75, 3.05) is 70.3 Å². The zero-order valence-corrected chi connectivity index (χ0v) is 48.1. The van der Waals surface area contributed by atoms with Gasteiger partial charge in [-0.25, -0.2) is 34.3 Å². The number of carbonyl (C=O) groups excluding carboxylic acids is 6. The molecule has 7 rings (SSSR count). The normalized spacial score (nSPS) is 20.1. The Labute approximate surface area is 487 Å². The third kappa shape index (κ3) is 17.0. The zero-order chi connectivity index (χ0) is 62.4. The van der Waals surface area contributed by atoms with Crippen LogP contribution in [-0.2, 0) is 62.6 Å². The maximum Gasteiger partial charge on any atom is 0.698 e. The smallest absolute Gasteiger partial charge is 0.445 e. The lowest BCUT2D eigenvalue weighted by molar-refractivity contribution is -0.131. The number of aromatic amines is 1. The lowest BCUT2D eigenvalue weighted by atomic mass is 10.0. The molecule has 1 aromatic carbocycles. The number of rotatable bonds is 28. The van der Waals surface area contributed by atoms with E-state index in [-0.39, 0.29) is 79.6 Å². The largest absolute Gasteiger partial charge is 0.698 e. The first-order chi connectivity index (χ1) is 41.0. The first-order valence-electron chi connectivity index (χ1n) is 26.0. The topological polar surface area (TPSA) is 530 Å². The summed E-state index contributed by atoms with van der Waals surface area (Å²) in [6.45, 7) is 1.14. The van der Waals surface area contributed by atoms with Crippen molar-refractivity contribution < 1.29 is 80.4 Å². The van der Waals surface area contributed by atoms with Gasteiger partial charge in [-0.3, -0.25) is 33.3 Å². The van der Waals surface area contributed by atoms with Crippen LogP contribution in [0.25, 0.3) is 32.8 Å². The first-order valence-corrected chi connectivity index (χ1v) is 28.3. The van der Waals surface area contributed by atoms with Crippen LogP contribution in [-0.4, -0.2) is 191 Å². The van der Waals surface area contributed by atoms with E-state index >= 15 is 0 Å². The molecule has 4 aromatic heterocycles. The number of nitrogens with zero attached hydrogens (tertiary/aromatic N) is 12. The SMILES string of the molecule is CC(C)[C@H](NC(=O)CN=[N+]=[N-])C(=O)N[C@@H](CCCNC(N)=O)C(=O)Nc1ccc(COC(=O)N(C)CCN(C)C(=O)O[C@@H]2[C@H](O[P+](=O)OC[C@H]3O[C@@H](n4cnc5c(=O)[nH]c(N)nc54)C[C@@H]3O)[C@@H](CO[P+](=O)O)O[C@H]2n2cnc3c(N)ncnc32)cc1. The number of likely N-dealkylation sites (N-methyl/N-ethyl adjacent to an activating group) is 2. The minimum absolute atomic E-state index is 0.0223. The fourth-order valence-electron chi connectivity index (χ4n) is 8.72. The highest BCUT2D eigenvalue weighted by Crippen LogP contribution is 2.42. The summed E-state index contributed by atoms with van der Waals surface area (Å²) in [7, 11) is -3.71. The molecule has 11 atom stereocenters. The first kappa shape index (κ1) is 64.7. The van der Waals surface area contributed by atoms with Gasteiger partial charge in [-0.05, 0) is 42.0 Å². The number of nitrogens with one attached hydrogen (secondary N) is 5. The maximum atomic E-state index is 14.0. The molecule has 13 N–H and O–H groups in total. The summed E-state index contributed by atoms with van der Waals surface area (Å²) in [5.41, 5.74) is 26.0. The van der Waals surface area contributed by atoms with E-state index in [1.807, 2.05) is 0 Å². The fourth-order valence-corrected chi connectivity index (χ4v) is 9.78. The van der Waals surface area contributed by atoms with Crippen molar-refractivity contribution in [3.05, 3.63) is 69.6 Å². The van der Waals surface area contributed by atoms with E-state index in [1.165, 1.54) is 52.9 Å². The van der Waals surface area contributed by atoms with E-state index in [9.17, 15) is 52.7 Å². The average Bonchev–Trinajstić information content (AvgIpc) is 1.98. The molecular weight excluding hydrogens is 1180 g/mol. The van der Waals surface area contributed by atoms with Gasteiger partial charge in [0, 0.05) is 59.9 Å². The van der Waals surface area contributed by atoms with Gasteiger partial charge in [0.05, 0.1) is 18.8 Å². The molecule has 0 bridgehead atoms. The Kier molecular flexibility index (Phi) is 22.4. The van der Waals surface area contributed by atoms with Crippen LogP contribution in [0.4, 0.5) is 31.8 Å². The van der Waals surface area contributed by atoms with Crippen molar-refractivity contribution >= 4 is 92.2 Å². The number of aromatic nitrogens is 8. The summed E-state index contributed by atoms with van der Waals surface area (Å²) in [5, 5.41) is 24.4. The third-order valence-electron chi connectivity index (χ3n) is 13.2. The Balaban J connectivity index is 0.958. The van der Waals surface area contributed by atoms with Crippen LogP contribution < -0.4 is 44.0 Å². The number of nitrogen functional groups attached to an aromatic ring is 2. The summed E-state index contributed by atoms with van der Waals surface area (Å²) in [6, 6.07) is 3.14. The molecule has 0 spiro atoms. The maximum absolute atomic E-state index is 14.0. The van der Waals surface area contributed by atoms with Crippen LogP contribution >= 0.6 is 16.5 Å². The van der Waals surface area contributed by atoms with Gasteiger partial charge >= 0.3 is 34.7 Å². The molecule has 38 nitrogen and oxygen atoms in total. The van der Waals surface area contributed by atoms with Crippen molar-refractivity contribution in [3.8, 4) is 0 Å². The Bertz CT molecular complexity index is 3400. The fraction of sp³-hybridized carbons (Fsp3) is 0.522. The summed E-state index contributed by atoms with van der Waals surface area (Å²) in [4.78, 5) is 127. The number of hydrogen-bond donors (Lipinski definition) is 10. The second-order valence-corrected chi connectivity index (χ2v) is 21.2. The number of anilines is 3. The molecule has 7 amide bonds. The second kappa shape index (κ2) is 29.8. The van der Waals surface area contributed by atoms with E-state index in [1.54, 1.807) is 26.0 Å². The van der Waals surface area contributed by atoms with Crippen LogP contribution in [0, 0.1) is 5.92 Å². The van der Waals surface area contributed by atoms with Gasteiger partial charge < -0.3 is 72.3 Å². The Morgan fingerprint density at radius 1 is 0.919 bits per heavy atom. The minimum atomic E-state index is -3.23. The number of H-pyrrole nitrogens is 1. The van der Waals surface area contributed by atoms with Crippen LogP contribution in [0.15, 0.2) is 53.2 Å². The van der Waals surface area contributed by atoms with E-state index in [2.05, 4.69) is 61.2 Å². The molecule has 86 heavy (non-hydrogen) atoms. The molecule has 5 aromatic rings. The van der Waals surface area contributed by atoms with Crippen molar-refractivity contribution in [3.63, 3.8) is 0 Å². The number of fused-ring (bicyclic) bond motifs is 2. The van der Waals surface area contributed by atoms with Crippen LogP contribution in [0.5, 0.6) is 0 Å². The molecule has 2 aliphatic rings. The summed E-state index contributed by atoms with van der Waals surface area (Å²) >= 11 is 0. The van der Waals surface area contributed by atoms with Gasteiger partial charge in [-0.1, -0.05) is 31.1 Å². The predicted molar refractivity (Wildman–Crippen MR) is 295 cm³/mol. The van der Waals surface area contributed by atoms with Crippen molar-refractivity contribution in [2.45, 2.75) is 94.8 Å². The van der Waals surface area contributed by atoms with Gasteiger partial charge in [-0.15, -0.1) is 18.5 Å². The number of ether oxygens (including phenoxy) is 4. The molecule has 0 aliphatic carbocycles. The Morgan fingerprint density at radius 2 is 1.62 bits per heavy atom. The van der Waals surface area contributed by atoms with Crippen LogP contribution in [0.3, 0.4) is 0 Å². The predicted octanol–water partition coefficient (Wildman–Crippen LogP) is 0.424. The standard InChI is InChI=1S/C46H60N20O18P2/c1-22(2)31(59-29(68)15-56-62-50)40(70)58-25(6-5-11-51-44(49)72)39(69)57-24-9-7-23(8-10-24)16-78-45(73)63(3)12-13-64(4)46(74)83-35-34(28(18-79-85(75)76)82-42(35)66-21-54-32-36(47)52-19-53-37(32)66)84-86(77)80-17-27-26(67)14-30(81-27)65-20-55-33-38(65)60-43(48)61-41(33)71/h7-10,19-22,25-28,30-31,34-35,42,67H,5-6,11-18H2,1-4H3,(H10-2,47,48,49,51,52,53,57,58,59,60,61,68,69,70,71,72,75,76)/p+2/t25-,26-,27+,28+,30+,31-,34+,35+,42+/m0/s1. The highest BCUT2D eigenvalue weighted by atomic mass is 31.1. The molecule has 0 radical (unpaired) electrons. The van der Waals surface area contributed by atoms with Crippen molar-refractivity contribution in [1.29, 1.82) is 0 Å². The number of aliphatic hydroxyl groups excluding tert-OH is 1. The number of azide groups is 1. The number of nitrogens with two attached hydrogens (primary N) is 3. The summed E-state index contributed by atoms with van der Waals surface area (Å²) < 4.78 is 68.2. The van der Waals surface area contributed by atoms with Crippen molar-refractivity contribution in [1.82, 2.24) is 64.8 Å². The number of imidazole rings is 2. The van der Waals surface area contributed by atoms with Gasteiger partial charge in [0.25, 0.3) is 5.56 Å². The molecule has 462 valence electrons. The molecule has 40 heteroatoms. The van der Waals surface area contributed by atoms with Crippen LogP contribution in [0.2, 0.25) is 0 Å². The van der Waals surface area contributed by atoms with E-state index in [0.29, 0.717) is 11.3 Å². The van der Waals surface area contributed by atoms with Crippen molar-refractivity contribution in [2.24, 2.45) is 16.8 Å². The summed E-state index contributed by atoms with van der Waals surface area (Å²) in [6.07, 6.45) is -7.21. The number of urea groups is 1.